The molecule has 0 atom stereocenters. The Balaban J connectivity index is 2.65. The Morgan fingerprint density at radius 3 is 2.91 bits per heavy atom. The van der Waals surface area contributed by atoms with E-state index in [1.54, 1.807) is 18.3 Å². The van der Waals surface area contributed by atoms with Crippen LogP contribution in [-0.2, 0) is 6.42 Å². The van der Waals surface area contributed by atoms with Gasteiger partial charge in [-0.25, -0.2) is 0 Å². The molecule has 0 saturated heterocycles. The molecule has 0 saturated carbocycles. The monoisotopic (exact) mass is 151 g/mol. The van der Waals surface area contributed by atoms with Gasteiger partial charge in [0.15, 0.2) is 0 Å². The molecule has 0 aliphatic carbocycles. The van der Waals surface area contributed by atoms with Crippen molar-refractivity contribution in [1.29, 1.82) is 0 Å². The Kier molecular flexibility index (Phi) is 2.49. The van der Waals surface area contributed by atoms with Gasteiger partial charge in [-0.3, -0.25) is 4.98 Å². The number of rotatable bonds is 2. The van der Waals surface area contributed by atoms with Crippen molar-refractivity contribution in [2.24, 2.45) is 0 Å². The third kappa shape index (κ3) is 2.29. The highest BCUT2D eigenvalue weighted by Gasteiger charge is 1.95. The first-order chi connectivity index (χ1) is 5.33. The molecule has 2 N–H and O–H groups in total. The third-order valence-corrected chi connectivity index (χ3v) is 1.24. The quantitative estimate of drug-likeness (QED) is 0.631. The number of allylic oxidation sites excluding steroid dienone is 1. The Labute approximate surface area is 64.6 Å². The van der Waals surface area contributed by atoms with Crippen LogP contribution in [0.15, 0.2) is 36.4 Å². The molecule has 0 bridgehead atoms. The van der Waals surface area contributed by atoms with Gasteiger partial charge in [0.25, 0.3) is 0 Å². The van der Waals surface area contributed by atoms with Crippen molar-refractivity contribution >= 4 is 0 Å². The van der Waals surface area contributed by atoms with Crippen LogP contribution in [0.3, 0.4) is 0 Å². The largest absolute Gasteiger partial charge is 0.512 e. The van der Waals surface area contributed by atoms with E-state index < -0.39 is 0 Å². The van der Waals surface area contributed by atoms with E-state index in [-0.39, 0.29) is 12.2 Å². The second-order valence-corrected chi connectivity index (χ2v) is 2.12. The lowest BCUT2D eigenvalue weighted by Crippen LogP contribution is -1.91. The van der Waals surface area contributed by atoms with E-state index in [0.29, 0.717) is 6.26 Å². The van der Waals surface area contributed by atoms with Gasteiger partial charge in [-0.1, -0.05) is 6.07 Å². The van der Waals surface area contributed by atoms with Crippen LogP contribution in [0.5, 0.6) is 0 Å². The van der Waals surface area contributed by atoms with Crippen molar-refractivity contribution < 1.29 is 10.2 Å². The summed E-state index contributed by atoms with van der Waals surface area (Å²) in [4.78, 5) is 3.95. The van der Waals surface area contributed by atoms with Crippen LogP contribution >= 0.6 is 0 Å². The Morgan fingerprint density at radius 1 is 1.55 bits per heavy atom. The standard InChI is InChI=1S/C8H9NO2/c10-6-8(11)5-7-3-1-2-4-9-7/h1-4,6,10-11H,5H2. The first-order valence-corrected chi connectivity index (χ1v) is 3.25. The molecule has 0 aliphatic rings. The van der Waals surface area contributed by atoms with E-state index in [2.05, 4.69) is 4.98 Å². The minimum Gasteiger partial charge on any atom is -0.512 e. The van der Waals surface area contributed by atoms with Crippen LogP contribution in [0.2, 0.25) is 0 Å². The van der Waals surface area contributed by atoms with Crippen molar-refractivity contribution in [3.05, 3.63) is 42.1 Å². The summed E-state index contributed by atoms with van der Waals surface area (Å²) in [5.41, 5.74) is 0.732. The highest BCUT2D eigenvalue weighted by molar-refractivity contribution is 5.09. The fraction of sp³-hybridized carbons (Fsp3) is 0.125. The van der Waals surface area contributed by atoms with Crippen molar-refractivity contribution in [2.75, 3.05) is 0 Å². The highest BCUT2D eigenvalue weighted by Crippen LogP contribution is 2.00. The van der Waals surface area contributed by atoms with E-state index in [0.717, 1.165) is 5.69 Å². The van der Waals surface area contributed by atoms with Crippen LogP contribution in [0.1, 0.15) is 5.69 Å². The fourth-order valence-corrected chi connectivity index (χ4v) is 0.734. The van der Waals surface area contributed by atoms with Gasteiger partial charge < -0.3 is 10.2 Å². The van der Waals surface area contributed by atoms with E-state index in [1.165, 1.54) is 0 Å². The predicted octanol–water partition coefficient (Wildman–Crippen LogP) is 1.58. The van der Waals surface area contributed by atoms with Crippen LogP contribution in [0.4, 0.5) is 0 Å². The first kappa shape index (κ1) is 7.60. The van der Waals surface area contributed by atoms with Crippen LogP contribution in [0.25, 0.3) is 0 Å². The van der Waals surface area contributed by atoms with E-state index in [4.69, 9.17) is 10.2 Å². The number of aliphatic hydroxyl groups excluding tert-OH is 2. The summed E-state index contributed by atoms with van der Waals surface area (Å²) in [7, 11) is 0. The first-order valence-electron chi connectivity index (χ1n) is 3.25. The molecule has 3 nitrogen and oxygen atoms in total. The molecule has 1 heterocycles. The SMILES string of the molecule is OC=C(O)Cc1ccccn1. The number of aliphatic hydroxyl groups is 2. The molecule has 1 aromatic rings. The minimum absolute atomic E-state index is 0.0799. The maximum atomic E-state index is 8.88. The molecule has 0 radical (unpaired) electrons. The molecular formula is C8H9NO2. The molecule has 0 amide bonds. The summed E-state index contributed by atoms with van der Waals surface area (Å²) >= 11 is 0. The van der Waals surface area contributed by atoms with Gasteiger partial charge >= 0.3 is 0 Å². The molecular weight excluding hydrogens is 142 g/mol. The van der Waals surface area contributed by atoms with Gasteiger partial charge in [0.1, 0.15) is 12.0 Å². The molecule has 0 fully saturated rings. The maximum absolute atomic E-state index is 8.88. The van der Waals surface area contributed by atoms with Crippen molar-refractivity contribution in [3.8, 4) is 0 Å². The summed E-state index contributed by atoms with van der Waals surface area (Å²) in [5, 5.41) is 17.2. The average Bonchev–Trinajstić information content (AvgIpc) is 2.06. The zero-order chi connectivity index (χ0) is 8.10. The predicted molar refractivity (Wildman–Crippen MR) is 41.3 cm³/mol. The van der Waals surface area contributed by atoms with Crippen LogP contribution < -0.4 is 0 Å². The van der Waals surface area contributed by atoms with Crippen LogP contribution in [0, 0.1) is 0 Å². The van der Waals surface area contributed by atoms with E-state index in [9.17, 15) is 0 Å². The smallest absolute Gasteiger partial charge is 0.132 e. The summed E-state index contributed by atoms with van der Waals surface area (Å²) in [6.07, 6.45) is 2.59. The Hall–Kier alpha value is -1.51. The average molecular weight is 151 g/mol. The van der Waals surface area contributed by atoms with Gasteiger partial charge in [0.2, 0.25) is 0 Å². The lowest BCUT2D eigenvalue weighted by Gasteiger charge is -1.96. The molecule has 11 heavy (non-hydrogen) atoms. The molecule has 1 aromatic heterocycles. The van der Waals surface area contributed by atoms with E-state index in [1.807, 2.05) is 6.07 Å². The lowest BCUT2D eigenvalue weighted by atomic mass is 10.2. The second kappa shape index (κ2) is 3.61. The molecule has 0 aliphatic heterocycles. The lowest BCUT2D eigenvalue weighted by molar-refractivity contribution is 0.350. The summed E-state index contributed by atoms with van der Waals surface area (Å²) in [6.45, 7) is 0. The van der Waals surface area contributed by atoms with Gasteiger partial charge in [0, 0.05) is 11.9 Å². The number of pyridine rings is 1. The van der Waals surface area contributed by atoms with Gasteiger partial charge in [-0.15, -0.1) is 0 Å². The molecule has 0 aromatic carbocycles. The summed E-state index contributed by atoms with van der Waals surface area (Å²) < 4.78 is 0. The molecule has 0 unspecified atom stereocenters. The zero-order valence-electron chi connectivity index (χ0n) is 5.94. The Morgan fingerprint density at radius 2 is 2.36 bits per heavy atom. The summed E-state index contributed by atoms with van der Waals surface area (Å²) in [6, 6.07) is 5.40. The number of nitrogens with zero attached hydrogens (tertiary/aromatic N) is 1. The zero-order valence-corrected chi connectivity index (χ0v) is 5.94. The molecule has 0 spiro atoms. The van der Waals surface area contributed by atoms with Gasteiger partial charge in [-0.2, -0.15) is 0 Å². The van der Waals surface area contributed by atoms with Crippen molar-refractivity contribution in [3.63, 3.8) is 0 Å². The summed E-state index contributed by atoms with van der Waals surface area (Å²) in [5.74, 6) is -0.0799. The number of hydrogen-bond donors (Lipinski definition) is 2. The molecule has 3 heteroatoms. The second-order valence-electron chi connectivity index (χ2n) is 2.12. The van der Waals surface area contributed by atoms with Crippen molar-refractivity contribution in [2.45, 2.75) is 6.42 Å². The fourth-order valence-electron chi connectivity index (χ4n) is 0.734. The number of hydrogen-bond acceptors (Lipinski definition) is 3. The maximum Gasteiger partial charge on any atom is 0.132 e. The Bertz CT molecular complexity index is 244. The van der Waals surface area contributed by atoms with Gasteiger partial charge in [0.05, 0.1) is 6.42 Å². The van der Waals surface area contributed by atoms with Crippen LogP contribution in [-0.4, -0.2) is 15.2 Å². The number of aromatic nitrogens is 1. The molecule has 1 rings (SSSR count). The van der Waals surface area contributed by atoms with E-state index >= 15 is 0 Å². The minimum atomic E-state index is -0.0799. The highest BCUT2D eigenvalue weighted by atomic mass is 16.3. The van der Waals surface area contributed by atoms with Gasteiger partial charge in [-0.05, 0) is 12.1 Å². The third-order valence-electron chi connectivity index (χ3n) is 1.24. The molecule has 58 valence electrons. The topological polar surface area (TPSA) is 53.4 Å². The van der Waals surface area contributed by atoms with Crippen molar-refractivity contribution in [1.82, 2.24) is 4.98 Å². The normalized spacial score (nSPS) is 11.5.